The molecule has 6 nitrogen and oxygen atoms in total. The minimum absolute atomic E-state index is 0.282. The van der Waals surface area contributed by atoms with E-state index in [1.54, 1.807) is 7.05 Å². The van der Waals surface area contributed by atoms with Crippen LogP contribution < -0.4 is 20.1 Å². The SMILES string of the molecule is CCOC(CCNC(=NC)NCCc1ccc2c(c1)OCO2)C(C)C. The fourth-order valence-corrected chi connectivity index (χ4v) is 2.80. The average Bonchev–Trinajstić information content (AvgIpc) is 3.07. The summed E-state index contributed by atoms with van der Waals surface area (Å²) in [6.07, 6.45) is 2.14. The molecule has 0 fully saturated rings. The number of aliphatic imine (C=N–C) groups is 1. The summed E-state index contributed by atoms with van der Waals surface area (Å²) < 4.78 is 16.5. The number of benzene rings is 1. The summed E-state index contributed by atoms with van der Waals surface area (Å²) in [4.78, 5) is 4.27. The summed E-state index contributed by atoms with van der Waals surface area (Å²) in [5.74, 6) is 2.99. The highest BCUT2D eigenvalue weighted by Crippen LogP contribution is 2.32. The first-order valence-corrected chi connectivity index (χ1v) is 9.08. The molecule has 6 heteroatoms. The zero-order valence-electron chi connectivity index (χ0n) is 15.8. The van der Waals surface area contributed by atoms with Gasteiger partial charge in [0.05, 0.1) is 6.10 Å². The average molecular weight is 349 g/mol. The molecule has 1 aliphatic heterocycles. The number of hydrogen-bond donors (Lipinski definition) is 2. The Kier molecular flexibility index (Phi) is 7.85. The van der Waals surface area contributed by atoms with Crippen LogP contribution in [0.25, 0.3) is 0 Å². The fraction of sp³-hybridized carbons (Fsp3) is 0.632. The van der Waals surface area contributed by atoms with Crippen LogP contribution in [0.1, 0.15) is 32.8 Å². The molecule has 1 unspecified atom stereocenters. The minimum Gasteiger partial charge on any atom is -0.454 e. The predicted octanol–water partition coefficient (Wildman–Crippen LogP) is 2.57. The summed E-state index contributed by atoms with van der Waals surface area (Å²) in [7, 11) is 1.79. The van der Waals surface area contributed by atoms with Crippen LogP contribution in [0.15, 0.2) is 23.2 Å². The van der Waals surface area contributed by atoms with Crippen molar-refractivity contribution in [1.29, 1.82) is 0 Å². The van der Waals surface area contributed by atoms with Crippen molar-refractivity contribution in [3.05, 3.63) is 23.8 Å². The Bertz CT molecular complexity index is 561. The molecule has 0 amide bonds. The van der Waals surface area contributed by atoms with Crippen molar-refractivity contribution in [2.45, 2.75) is 39.7 Å². The molecule has 1 aliphatic rings. The maximum absolute atomic E-state index is 5.77. The molecule has 25 heavy (non-hydrogen) atoms. The molecule has 1 heterocycles. The third-order valence-corrected chi connectivity index (χ3v) is 4.21. The van der Waals surface area contributed by atoms with E-state index < -0.39 is 0 Å². The van der Waals surface area contributed by atoms with Crippen LogP contribution in [-0.2, 0) is 11.2 Å². The molecule has 140 valence electrons. The molecule has 1 aromatic carbocycles. The van der Waals surface area contributed by atoms with Crippen LogP contribution in [0.2, 0.25) is 0 Å². The van der Waals surface area contributed by atoms with E-state index in [0.717, 1.165) is 50.0 Å². The van der Waals surface area contributed by atoms with Gasteiger partial charge in [-0.2, -0.15) is 0 Å². The Hall–Kier alpha value is -1.95. The lowest BCUT2D eigenvalue weighted by Crippen LogP contribution is -2.40. The molecule has 0 bridgehead atoms. The lowest BCUT2D eigenvalue weighted by molar-refractivity contribution is 0.0258. The van der Waals surface area contributed by atoms with Crippen molar-refractivity contribution < 1.29 is 14.2 Å². The Morgan fingerprint density at radius 3 is 2.68 bits per heavy atom. The van der Waals surface area contributed by atoms with Crippen molar-refractivity contribution in [2.24, 2.45) is 10.9 Å². The zero-order valence-corrected chi connectivity index (χ0v) is 15.8. The highest BCUT2D eigenvalue weighted by atomic mass is 16.7. The van der Waals surface area contributed by atoms with Gasteiger partial charge in [0.25, 0.3) is 0 Å². The van der Waals surface area contributed by atoms with Gasteiger partial charge in [-0.05, 0) is 43.4 Å². The third kappa shape index (κ3) is 6.12. The van der Waals surface area contributed by atoms with Crippen molar-refractivity contribution >= 4 is 5.96 Å². The van der Waals surface area contributed by atoms with Gasteiger partial charge < -0.3 is 24.8 Å². The molecular weight excluding hydrogens is 318 g/mol. The van der Waals surface area contributed by atoms with E-state index in [9.17, 15) is 0 Å². The third-order valence-electron chi connectivity index (χ3n) is 4.21. The van der Waals surface area contributed by atoms with Crippen LogP contribution in [0.5, 0.6) is 11.5 Å². The van der Waals surface area contributed by atoms with Gasteiger partial charge in [0.15, 0.2) is 17.5 Å². The van der Waals surface area contributed by atoms with Crippen LogP contribution in [0.3, 0.4) is 0 Å². The zero-order chi connectivity index (χ0) is 18.1. The van der Waals surface area contributed by atoms with Crippen LogP contribution in [0, 0.1) is 5.92 Å². The van der Waals surface area contributed by atoms with Crippen molar-refractivity contribution in [3.63, 3.8) is 0 Å². The minimum atomic E-state index is 0.282. The van der Waals surface area contributed by atoms with Gasteiger partial charge >= 0.3 is 0 Å². The Morgan fingerprint density at radius 2 is 1.96 bits per heavy atom. The van der Waals surface area contributed by atoms with Gasteiger partial charge in [-0.3, -0.25) is 4.99 Å². The van der Waals surface area contributed by atoms with E-state index >= 15 is 0 Å². The number of ether oxygens (including phenoxy) is 3. The number of guanidine groups is 1. The second kappa shape index (κ2) is 10.1. The summed E-state index contributed by atoms with van der Waals surface area (Å²) in [6.45, 7) is 9.14. The van der Waals surface area contributed by atoms with Crippen molar-refractivity contribution in [1.82, 2.24) is 10.6 Å². The van der Waals surface area contributed by atoms with E-state index in [2.05, 4.69) is 35.5 Å². The predicted molar refractivity (Wildman–Crippen MR) is 101 cm³/mol. The molecule has 0 aromatic heterocycles. The second-order valence-electron chi connectivity index (χ2n) is 6.39. The van der Waals surface area contributed by atoms with Gasteiger partial charge in [-0.15, -0.1) is 0 Å². The lowest BCUT2D eigenvalue weighted by Gasteiger charge is -2.21. The monoisotopic (exact) mass is 349 g/mol. The van der Waals surface area contributed by atoms with Crippen molar-refractivity contribution in [2.75, 3.05) is 33.5 Å². The molecule has 0 aliphatic carbocycles. The number of nitrogens with one attached hydrogen (secondary N) is 2. The lowest BCUT2D eigenvalue weighted by atomic mass is 10.0. The Labute approximate surface area is 151 Å². The van der Waals surface area contributed by atoms with E-state index in [1.165, 1.54) is 5.56 Å². The molecule has 0 saturated heterocycles. The van der Waals surface area contributed by atoms with Crippen molar-refractivity contribution in [3.8, 4) is 11.5 Å². The largest absolute Gasteiger partial charge is 0.454 e. The fourth-order valence-electron chi connectivity index (χ4n) is 2.80. The first kappa shape index (κ1) is 19.4. The number of rotatable bonds is 9. The van der Waals surface area contributed by atoms with Gasteiger partial charge in [-0.25, -0.2) is 0 Å². The molecule has 0 saturated carbocycles. The van der Waals surface area contributed by atoms with Gasteiger partial charge in [-0.1, -0.05) is 19.9 Å². The summed E-state index contributed by atoms with van der Waals surface area (Å²) in [5.41, 5.74) is 1.21. The highest BCUT2D eigenvalue weighted by molar-refractivity contribution is 5.79. The maximum atomic E-state index is 5.77. The molecule has 1 atom stereocenters. The first-order valence-electron chi connectivity index (χ1n) is 9.08. The van der Waals surface area contributed by atoms with E-state index in [4.69, 9.17) is 14.2 Å². The first-order chi connectivity index (χ1) is 12.1. The molecular formula is C19H31N3O3. The van der Waals surface area contributed by atoms with Gasteiger partial charge in [0, 0.05) is 26.7 Å². The summed E-state index contributed by atoms with van der Waals surface area (Å²) in [6, 6.07) is 6.07. The van der Waals surface area contributed by atoms with Crippen LogP contribution >= 0.6 is 0 Å². The Morgan fingerprint density at radius 1 is 1.20 bits per heavy atom. The van der Waals surface area contributed by atoms with Crippen LogP contribution in [-0.4, -0.2) is 45.6 Å². The van der Waals surface area contributed by atoms with Gasteiger partial charge in [0.2, 0.25) is 6.79 Å². The summed E-state index contributed by atoms with van der Waals surface area (Å²) >= 11 is 0. The van der Waals surface area contributed by atoms with E-state index in [1.807, 2.05) is 19.1 Å². The number of nitrogens with zero attached hydrogens (tertiary/aromatic N) is 1. The number of fused-ring (bicyclic) bond motifs is 1. The quantitative estimate of drug-likeness (QED) is 0.530. The molecule has 0 spiro atoms. The molecule has 0 radical (unpaired) electrons. The highest BCUT2D eigenvalue weighted by Gasteiger charge is 2.14. The van der Waals surface area contributed by atoms with E-state index in [0.29, 0.717) is 12.7 Å². The van der Waals surface area contributed by atoms with Gasteiger partial charge in [0.1, 0.15) is 0 Å². The molecule has 2 N–H and O–H groups in total. The second-order valence-corrected chi connectivity index (χ2v) is 6.39. The smallest absolute Gasteiger partial charge is 0.231 e. The molecule has 1 aromatic rings. The standard InChI is InChI=1S/C19H31N3O3/c1-5-23-16(14(2)3)9-11-22-19(20-4)21-10-8-15-6-7-17-18(12-15)25-13-24-17/h6-7,12,14,16H,5,8-11,13H2,1-4H3,(H2,20,21,22). The van der Waals surface area contributed by atoms with E-state index in [-0.39, 0.29) is 6.10 Å². The topological polar surface area (TPSA) is 64.1 Å². The van der Waals surface area contributed by atoms with Crippen LogP contribution in [0.4, 0.5) is 0 Å². The summed E-state index contributed by atoms with van der Waals surface area (Å²) in [5, 5.41) is 6.70. The Balaban J connectivity index is 1.70. The molecule has 2 rings (SSSR count). The normalized spacial score (nSPS) is 14.7. The number of hydrogen-bond acceptors (Lipinski definition) is 4. The maximum Gasteiger partial charge on any atom is 0.231 e.